The number of nitrogens with zero attached hydrogens (tertiary/aromatic N) is 4. The van der Waals surface area contributed by atoms with Crippen LogP contribution in [0.25, 0.3) is 17.0 Å². The van der Waals surface area contributed by atoms with Gasteiger partial charge in [0.1, 0.15) is 11.6 Å². The fraction of sp³-hybridized carbons (Fsp3) is 0.292. The summed E-state index contributed by atoms with van der Waals surface area (Å²) in [4.78, 5) is 25.7. The van der Waals surface area contributed by atoms with E-state index in [0.29, 0.717) is 60.3 Å². The first-order valence-electron chi connectivity index (χ1n) is 10.6. The van der Waals surface area contributed by atoms with Gasteiger partial charge in [-0.25, -0.2) is 4.98 Å². The molecule has 3 aromatic rings. The molecule has 0 saturated carbocycles. The molecule has 2 heterocycles. The highest BCUT2D eigenvalue weighted by Crippen LogP contribution is 2.34. The van der Waals surface area contributed by atoms with Crippen molar-refractivity contribution in [2.24, 2.45) is 0 Å². The smallest absolute Gasteiger partial charge is 0.246 e. The molecule has 0 unspecified atom stereocenters. The van der Waals surface area contributed by atoms with Crippen LogP contribution in [0.2, 0.25) is 0 Å². The van der Waals surface area contributed by atoms with Crippen LogP contribution >= 0.6 is 12.4 Å². The molecule has 0 aliphatic carbocycles. The number of nitrogen functional groups attached to an aromatic ring is 1. The van der Waals surface area contributed by atoms with E-state index in [1.165, 1.54) is 0 Å². The molecule has 180 valence electrons. The first-order valence-corrected chi connectivity index (χ1v) is 10.6. The number of hydrogen-bond acceptors (Lipinski definition) is 8. The lowest BCUT2D eigenvalue weighted by Gasteiger charge is -2.34. The molecule has 2 N–H and O–H groups in total. The summed E-state index contributed by atoms with van der Waals surface area (Å²) >= 11 is 0. The Balaban J connectivity index is 0.00000324. The number of para-hydroxylation sites is 1. The van der Waals surface area contributed by atoms with Crippen LogP contribution in [0.1, 0.15) is 5.56 Å². The van der Waals surface area contributed by atoms with Crippen molar-refractivity contribution >= 4 is 47.1 Å². The summed E-state index contributed by atoms with van der Waals surface area (Å²) in [6, 6.07) is 11.1. The second kappa shape index (κ2) is 10.9. The molecule has 4 rings (SSSR count). The van der Waals surface area contributed by atoms with Crippen molar-refractivity contribution in [2.45, 2.75) is 0 Å². The Morgan fingerprint density at radius 1 is 0.941 bits per heavy atom. The number of carbonyl (C=O) groups excluding carboxylic acids is 1. The molecule has 1 aliphatic heterocycles. The van der Waals surface area contributed by atoms with E-state index in [0.717, 1.165) is 11.3 Å². The third-order valence-electron chi connectivity index (χ3n) is 5.64. The van der Waals surface area contributed by atoms with Crippen LogP contribution in [0, 0.1) is 0 Å². The van der Waals surface area contributed by atoms with Crippen LogP contribution in [0.5, 0.6) is 17.2 Å². The summed E-state index contributed by atoms with van der Waals surface area (Å²) in [5, 5.41) is 0.701. The first-order chi connectivity index (χ1) is 16.0. The van der Waals surface area contributed by atoms with Crippen molar-refractivity contribution < 1.29 is 19.0 Å². The number of benzene rings is 2. The van der Waals surface area contributed by atoms with Crippen molar-refractivity contribution in [3.8, 4) is 17.2 Å². The number of anilines is 2. The summed E-state index contributed by atoms with van der Waals surface area (Å²) in [5.41, 5.74) is 7.75. The third kappa shape index (κ3) is 5.09. The quantitative estimate of drug-likeness (QED) is 0.531. The first kappa shape index (κ1) is 24.9. The number of piperazine rings is 1. The summed E-state index contributed by atoms with van der Waals surface area (Å²) < 4.78 is 16.1. The molecule has 10 heteroatoms. The molecule has 0 bridgehead atoms. The van der Waals surface area contributed by atoms with Crippen molar-refractivity contribution in [3.63, 3.8) is 0 Å². The van der Waals surface area contributed by atoms with E-state index >= 15 is 0 Å². The maximum absolute atomic E-state index is 12.7. The van der Waals surface area contributed by atoms with Gasteiger partial charge in [-0.1, -0.05) is 18.2 Å². The van der Waals surface area contributed by atoms with E-state index < -0.39 is 0 Å². The van der Waals surface area contributed by atoms with Gasteiger partial charge in [-0.05, 0) is 18.2 Å². The molecule has 0 atom stereocenters. The standard InChI is InChI=1S/C24H27N5O4.ClH/c1-31-19-7-5-4-6-16(19)8-9-22(30)28-10-12-29(13-11-28)24-26-18-15-21(33-3)20(32-2)14-17(18)23(25)27-24;/h4-9,14-15H,10-13H2,1-3H3,(H2,25,26,27);1H/b9-8+;. The Morgan fingerprint density at radius 3 is 2.26 bits per heavy atom. The summed E-state index contributed by atoms with van der Waals surface area (Å²) in [5.74, 6) is 2.73. The Labute approximate surface area is 204 Å². The summed E-state index contributed by atoms with van der Waals surface area (Å²) in [6.45, 7) is 2.32. The number of carbonyl (C=O) groups is 1. The number of hydrogen-bond donors (Lipinski definition) is 1. The van der Waals surface area contributed by atoms with Crippen LogP contribution < -0.4 is 24.8 Å². The Morgan fingerprint density at radius 2 is 1.59 bits per heavy atom. The molecule has 0 spiro atoms. The lowest BCUT2D eigenvalue weighted by molar-refractivity contribution is -0.126. The highest BCUT2D eigenvalue weighted by molar-refractivity contribution is 5.93. The van der Waals surface area contributed by atoms with Gasteiger partial charge in [0.2, 0.25) is 11.9 Å². The van der Waals surface area contributed by atoms with Gasteiger partial charge in [-0.15, -0.1) is 12.4 Å². The molecule has 1 aliphatic rings. The largest absolute Gasteiger partial charge is 0.496 e. The van der Waals surface area contributed by atoms with E-state index in [-0.39, 0.29) is 18.3 Å². The van der Waals surface area contributed by atoms with Gasteiger partial charge in [0.15, 0.2) is 11.5 Å². The SMILES string of the molecule is COc1ccccc1/C=C/C(=O)N1CCN(c2nc(N)c3cc(OC)c(OC)cc3n2)CC1.Cl. The normalized spacial score (nSPS) is 13.6. The Kier molecular flexibility index (Phi) is 8.01. The van der Waals surface area contributed by atoms with E-state index in [1.807, 2.05) is 29.2 Å². The molecule has 1 aromatic heterocycles. The number of aromatic nitrogens is 2. The summed E-state index contributed by atoms with van der Waals surface area (Å²) in [6.07, 6.45) is 3.36. The predicted octanol–water partition coefficient (Wildman–Crippen LogP) is 3.02. The average Bonchev–Trinajstić information content (AvgIpc) is 2.86. The predicted molar refractivity (Wildman–Crippen MR) is 135 cm³/mol. The van der Waals surface area contributed by atoms with Gasteiger partial charge in [-0.3, -0.25) is 4.79 Å². The fourth-order valence-electron chi connectivity index (χ4n) is 3.81. The van der Waals surface area contributed by atoms with E-state index in [9.17, 15) is 4.79 Å². The topological polar surface area (TPSA) is 103 Å². The Bertz CT molecular complexity index is 1200. The van der Waals surface area contributed by atoms with Gasteiger partial charge in [-0.2, -0.15) is 4.98 Å². The van der Waals surface area contributed by atoms with Crippen LogP contribution in [-0.4, -0.2) is 68.3 Å². The Hall–Kier alpha value is -3.72. The molecule has 34 heavy (non-hydrogen) atoms. The maximum Gasteiger partial charge on any atom is 0.246 e. The molecule has 1 amide bonds. The van der Waals surface area contributed by atoms with E-state index in [1.54, 1.807) is 50.5 Å². The lowest BCUT2D eigenvalue weighted by Crippen LogP contribution is -2.48. The van der Waals surface area contributed by atoms with Gasteiger partial charge in [0, 0.05) is 49.3 Å². The number of rotatable bonds is 6. The number of amides is 1. The monoisotopic (exact) mass is 485 g/mol. The van der Waals surface area contributed by atoms with Crippen molar-refractivity contribution in [1.82, 2.24) is 14.9 Å². The van der Waals surface area contributed by atoms with Crippen molar-refractivity contribution in [2.75, 3.05) is 58.1 Å². The molecule has 0 radical (unpaired) electrons. The van der Waals surface area contributed by atoms with Gasteiger partial charge >= 0.3 is 0 Å². The highest BCUT2D eigenvalue weighted by Gasteiger charge is 2.23. The van der Waals surface area contributed by atoms with Gasteiger partial charge < -0.3 is 29.7 Å². The summed E-state index contributed by atoms with van der Waals surface area (Å²) in [7, 11) is 4.76. The molecular formula is C24H28ClN5O4. The lowest BCUT2D eigenvalue weighted by atomic mass is 10.2. The number of fused-ring (bicyclic) bond motifs is 1. The number of halogens is 1. The molecule has 1 fully saturated rings. The minimum atomic E-state index is -0.0451. The molecule has 9 nitrogen and oxygen atoms in total. The maximum atomic E-state index is 12.7. The van der Waals surface area contributed by atoms with E-state index in [2.05, 4.69) is 9.97 Å². The second-order valence-electron chi connectivity index (χ2n) is 7.52. The third-order valence-corrected chi connectivity index (χ3v) is 5.64. The zero-order valence-electron chi connectivity index (χ0n) is 19.4. The number of ether oxygens (including phenoxy) is 3. The zero-order valence-corrected chi connectivity index (χ0v) is 20.2. The minimum Gasteiger partial charge on any atom is -0.496 e. The average molecular weight is 486 g/mol. The zero-order chi connectivity index (χ0) is 23.4. The molecule has 1 saturated heterocycles. The van der Waals surface area contributed by atoms with Gasteiger partial charge in [0.05, 0.1) is 26.8 Å². The van der Waals surface area contributed by atoms with Crippen molar-refractivity contribution in [3.05, 3.63) is 48.0 Å². The van der Waals surface area contributed by atoms with Gasteiger partial charge in [0.25, 0.3) is 0 Å². The highest BCUT2D eigenvalue weighted by atomic mass is 35.5. The van der Waals surface area contributed by atoms with Crippen LogP contribution in [0.4, 0.5) is 11.8 Å². The van der Waals surface area contributed by atoms with Crippen LogP contribution in [0.3, 0.4) is 0 Å². The molecule has 2 aromatic carbocycles. The fourth-order valence-corrected chi connectivity index (χ4v) is 3.81. The van der Waals surface area contributed by atoms with Crippen molar-refractivity contribution in [1.29, 1.82) is 0 Å². The number of nitrogens with two attached hydrogens (primary N) is 1. The second-order valence-corrected chi connectivity index (χ2v) is 7.52. The number of methoxy groups -OCH3 is 3. The van der Waals surface area contributed by atoms with E-state index in [4.69, 9.17) is 19.9 Å². The molecular weight excluding hydrogens is 458 g/mol. The minimum absolute atomic E-state index is 0. The van der Waals surface area contributed by atoms with Crippen LogP contribution in [0.15, 0.2) is 42.5 Å². The van der Waals surface area contributed by atoms with Crippen LogP contribution in [-0.2, 0) is 4.79 Å².